The maximum atomic E-state index is 14.0. The van der Waals surface area contributed by atoms with Crippen molar-refractivity contribution < 1.29 is 14.7 Å². The van der Waals surface area contributed by atoms with Crippen molar-refractivity contribution in [2.24, 2.45) is 21.7 Å². The lowest BCUT2D eigenvalue weighted by molar-refractivity contribution is -0.113. The number of hydrogen-bond donors (Lipinski definition) is 3. The van der Waals surface area contributed by atoms with Crippen LogP contribution in [-0.2, 0) is 20.4 Å². The molecule has 7 rings (SSSR count). The number of phenolic OH excluding ortho intramolecular Hbond substituents is 1. The van der Waals surface area contributed by atoms with E-state index in [0.29, 0.717) is 5.75 Å². The Balaban J connectivity index is 1.83. The molecular formula is C57H69N3O3. The molecule has 0 spiro atoms. The summed E-state index contributed by atoms with van der Waals surface area (Å²) in [4.78, 5) is 41.3. The van der Waals surface area contributed by atoms with Gasteiger partial charge in [-0.3, -0.25) is 9.59 Å². The number of fused-ring (bicyclic) bond motifs is 6. The molecule has 0 fully saturated rings. The Hall–Kier alpha value is -5.49. The first-order chi connectivity index (χ1) is 28.8. The number of nitrogens with one attached hydrogen (secondary N) is 2. The summed E-state index contributed by atoms with van der Waals surface area (Å²) in [6.07, 6.45) is 12.1. The van der Waals surface area contributed by atoms with Gasteiger partial charge >= 0.3 is 0 Å². The van der Waals surface area contributed by atoms with Crippen molar-refractivity contribution in [2.75, 3.05) is 0 Å². The Morgan fingerprint density at radius 2 is 0.810 bits per heavy atom. The number of aromatic amines is 2. The van der Waals surface area contributed by atoms with Crippen molar-refractivity contribution in [2.45, 2.75) is 135 Å². The van der Waals surface area contributed by atoms with Crippen molar-refractivity contribution >= 4 is 56.9 Å². The fourth-order valence-corrected chi connectivity index (χ4v) is 9.22. The van der Waals surface area contributed by atoms with E-state index in [0.717, 1.165) is 99.6 Å². The second kappa shape index (κ2) is 14.8. The van der Waals surface area contributed by atoms with E-state index < -0.39 is 10.8 Å². The monoisotopic (exact) mass is 844 g/mol. The SMILES string of the molecule is CC(C)(C)C1=C/C(=c2/c3nc(c(-c4cc(C(C)(C)C)c(O)c(C(C)(C)C)c4)c4ccc([nH]4)/c(=C4/C=C(C(C)(C)C)C(=O)C=C4C(C)(C)C)c4ccc2[nH]4)C=C3)C(C(C)(C)C)=CC1=O. The average molecular weight is 844 g/mol. The van der Waals surface area contributed by atoms with Crippen LogP contribution in [0.15, 0.2) is 83.0 Å². The number of hydrogen-bond acceptors (Lipinski definition) is 4. The largest absolute Gasteiger partial charge is 0.507 e. The number of allylic oxidation sites excluding steroid dienone is 8. The molecule has 4 aromatic rings. The summed E-state index contributed by atoms with van der Waals surface area (Å²) < 4.78 is 0. The number of carbonyl (C=O) groups excluding carboxylic acids is 2. The zero-order chi connectivity index (χ0) is 46.7. The highest BCUT2D eigenvalue weighted by Gasteiger charge is 2.34. The van der Waals surface area contributed by atoms with Crippen LogP contribution in [0.25, 0.3) is 56.5 Å². The van der Waals surface area contributed by atoms with E-state index >= 15 is 0 Å². The Labute approximate surface area is 375 Å². The normalized spacial score (nSPS) is 18.2. The van der Waals surface area contributed by atoms with Crippen LogP contribution >= 0.6 is 0 Å². The van der Waals surface area contributed by atoms with Gasteiger partial charge in [0.25, 0.3) is 0 Å². The topological polar surface area (TPSA) is 98.8 Å². The minimum absolute atomic E-state index is 0.0313. The lowest BCUT2D eigenvalue weighted by Crippen LogP contribution is -2.27. The van der Waals surface area contributed by atoms with Crippen LogP contribution < -0.4 is 10.4 Å². The third kappa shape index (κ3) is 8.39. The zero-order valence-corrected chi connectivity index (χ0v) is 41.1. The van der Waals surface area contributed by atoms with E-state index in [2.05, 4.69) is 195 Å². The molecule has 3 aliphatic rings. The molecule has 330 valence electrons. The molecule has 0 radical (unpaired) electrons. The van der Waals surface area contributed by atoms with Crippen LogP contribution in [0.1, 0.15) is 147 Å². The van der Waals surface area contributed by atoms with Gasteiger partial charge in [-0.05, 0) is 133 Å². The highest BCUT2D eigenvalue weighted by Crippen LogP contribution is 2.45. The van der Waals surface area contributed by atoms with Crippen molar-refractivity contribution in [3.8, 4) is 16.9 Å². The lowest BCUT2D eigenvalue weighted by atomic mass is 9.72. The lowest BCUT2D eigenvalue weighted by Gasteiger charge is -2.31. The number of aromatic nitrogens is 3. The standard InChI is InChI=1S/C57H69N3O3/c1-52(2,3)34-29-46(61)36(54(7,8)9)27-32(34)49-42-21-19-40(58-42)48(31-25-38(56(13,14)15)51(63)39(26-31)57(16,17)18)41-20-22-43(59-41)50(45-24-23-44(49)60-45)33-28-37(55(10,11)12)47(62)30-35(33)53(4,5)6/h19-30,58,60,63H,1-18H3/b48-41?,49-32+,50-33+. The number of phenols is 1. The van der Waals surface area contributed by atoms with Crippen LogP contribution in [0, 0.1) is 21.7 Å². The molecule has 0 unspecified atom stereocenters. The van der Waals surface area contributed by atoms with Gasteiger partial charge in [0, 0.05) is 60.3 Å². The minimum Gasteiger partial charge on any atom is -0.507 e. The molecule has 6 heteroatoms. The second-order valence-electron chi connectivity index (χ2n) is 24.1. The first-order valence-corrected chi connectivity index (χ1v) is 22.5. The number of nitrogens with zero attached hydrogens (tertiary/aromatic N) is 1. The van der Waals surface area contributed by atoms with Crippen LogP contribution in [0.4, 0.5) is 0 Å². The van der Waals surface area contributed by atoms with Crippen molar-refractivity contribution in [1.29, 1.82) is 0 Å². The molecule has 1 aliphatic heterocycles. The second-order valence-corrected chi connectivity index (χ2v) is 24.1. The molecule has 1 aromatic carbocycles. The van der Waals surface area contributed by atoms with E-state index in [-0.39, 0.29) is 33.2 Å². The van der Waals surface area contributed by atoms with Gasteiger partial charge in [0.05, 0.1) is 11.4 Å². The maximum Gasteiger partial charge on any atom is 0.182 e. The molecule has 0 saturated carbocycles. The van der Waals surface area contributed by atoms with Gasteiger partial charge in [0.15, 0.2) is 11.6 Å². The molecule has 0 amide bonds. The number of benzene rings is 1. The fraction of sp³-hybridized carbons (Fsp3) is 0.421. The van der Waals surface area contributed by atoms with Gasteiger partial charge in [0.2, 0.25) is 0 Å². The predicted molar refractivity (Wildman–Crippen MR) is 265 cm³/mol. The van der Waals surface area contributed by atoms with E-state index in [1.54, 1.807) is 0 Å². The third-order valence-corrected chi connectivity index (χ3v) is 12.6. The van der Waals surface area contributed by atoms with E-state index in [9.17, 15) is 14.7 Å². The van der Waals surface area contributed by atoms with E-state index in [1.165, 1.54) is 0 Å². The quantitative estimate of drug-likeness (QED) is 0.156. The number of ketones is 2. The molecule has 6 nitrogen and oxygen atoms in total. The number of rotatable bonds is 1. The number of carbonyl (C=O) groups is 2. The Morgan fingerprint density at radius 1 is 0.444 bits per heavy atom. The first-order valence-electron chi connectivity index (χ1n) is 22.5. The number of aromatic hydroxyl groups is 1. The van der Waals surface area contributed by atoms with Gasteiger partial charge in [-0.1, -0.05) is 125 Å². The van der Waals surface area contributed by atoms with Gasteiger partial charge in [-0.2, -0.15) is 0 Å². The van der Waals surface area contributed by atoms with Gasteiger partial charge < -0.3 is 15.1 Å². The first kappa shape index (κ1) is 45.5. The summed E-state index contributed by atoms with van der Waals surface area (Å²) in [6, 6.07) is 12.8. The van der Waals surface area contributed by atoms with Gasteiger partial charge in [-0.15, -0.1) is 0 Å². The number of H-pyrrole nitrogens is 2. The molecular weight excluding hydrogens is 775 g/mol. The van der Waals surface area contributed by atoms with Gasteiger partial charge in [0.1, 0.15) is 5.75 Å². The van der Waals surface area contributed by atoms with Crippen LogP contribution in [0.5, 0.6) is 5.75 Å². The van der Waals surface area contributed by atoms with Crippen LogP contribution in [-0.4, -0.2) is 31.6 Å². The molecule has 0 atom stereocenters. The summed E-state index contributed by atoms with van der Waals surface area (Å²) >= 11 is 0. The predicted octanol–water partition coefficient (Wildman–Crippen LogP) is 13.0. The fourth-order valence-electron chi connectivity index (χ4n) is 9.22. The Morgan fingerprint density at radius 3 is 1.22 bits per heavy atom. The molecule has 3 aromatic heterocycles. The molecule has 6 bridgehead atoms. The summed E-state index contributed by atoms with van der Waals surface area (Å²) in [5, 5.41) is 13.8. The van der Waals surface area contributed by atoms with E-state index in [4.69, 9.17) is 4.98 Å². The summed E-state index contributed by atoms with van der Waals surface area (Å²) in [6.45, 7) is 38.4. The third-order valence-electron chi connectivity index (χ3n) is 12.6. The van der Waals surface area contributed by atoms with Crippen molar-refractivity contribution in [3.05, 3.63) is 116 Å². The summed E-state index contributed by atoms with van der Waals surface area (Å²) in [7, 11) is 0. The maximum absolute atomic E-state index is 14.0. The average Bonchev–Trinajstić information content (AvgIpc) is 3.90. The van der Waals surface area contributed by atoms with E-state index in [1.807, 2.05) is 12.2 Å². The molecule has 3 N–H and O–H groups in total. The molecule has 0 saturated heterocycles. The zero-order valence-electron chi connectivity index (χ0n) is 41.1. The molecule has 4 heterocycles. The van der Waals surface area contributed by atoms with Crippen molar-refractivity contribution in [3.63, 3.8) is 0 Å². The molecule has 63 heavy (non-hydrogen) atoms. The van der Waals surface area contributed by atoms with Gasteiger partial charge in [-0.25, -0.2) is 4.98 Å². The highest BCUT2D eigenvalue weighted by molar-refractivity contribution is 6.13. The summed E-state index contributed by atoms with van der Waals surface area (Å²) in [5.74, 6) is 0.389. The Kier molecular flexibility index (Phi) is 10.7. The smallest absolute Gasteiger partial charge is 0.182 e. The Bertz CT molecular complexity index is 2980. The van der Waals surface area contributed by atoms with Crippen molar-refractivity contribution in [1.82, 2.24) is 15.0 Å². The van der Waals surface area contributed by atoms with Crippen LogP contribution in [0.3, 0.4) is 0 Å². The van der Waals surface area contributed by atoms with Crippen LogP contribution in [0.2, 0.25) is 0 Å². The minimum atomic E-state index is -0.401. The highest BCUT2D eigenvalue weighted by atomic mass is 16.3. The molecule has 2 aliphatic carbocycles. The summed E-state index contributed by atoms with van der Waals surface area (Å²) in [5.41, 5.74) is 11.8.